The highest BCUT2D eigenvalue weighted by atomic mass is 16.5. The summed E-state index contributed by atoms with van der Waals surface area (Å²) in [6.07, 6.45) is 5.18. The Bertz CT molecular complexity index is 287. The van der Waals surface area contributed by atoms with Crippen LogP contribution in [-0.2, 0) is 11.3 Å². The van der Waals surface area contributed by atoms with Crippen molar-refractivity contribution in [2.75, 3.05) is 7.11 Å². The van der Waals surface area contributed by atoms with Crippen LogP contribution >= 0.6 is 0 Å². The van der Waals surface area contributed by atoms with Crippen LogP contribution in [-0.4, -0.2) is 17.3 Å². The van der Waals surface area contributed by atoms with Crippen LogP contribution in [0.5, 0.6) is 0 Å². The second-order valence-corrected chi connectivity index (χ2v) is 2.37. The largest absolute Gasteiger partial charge is 0.377 e. The molecule has 0 unspecified atom stereocenters. The van der Waals surface area contributed by atoms with Gasteiger partial charge in [-0.05, 0) is 6.92 Å². The number of methoxy groups -OCH3 is 1. The van der Waals surface area contributed by atoms with Gasteiger partial charge in [0.05, 0.1) is 5.92 Å². The molecule has 1 heterocycles. The first-order valence-electron chi connectivity index (χ1n) is 3.55. The van der Waals surface area contributed by atoms with Crippen LogP contribution in [0.3, 0.4) is 0 Å². The molecule has 0 saturated carbocycles. The van der Waals surface area contributed by atoms with Gasteiger partial charge in [-0.15, -0.1) is 6.42 Å². The maximum atomic E-state index is 5.18. The van der Waals surface area contributed by atoms with E-state index >= 15 is 0 Å². The van der Waals surface area contributed by atoms with Gasteiger partial charge in [-0.1, -0.05) is 11.1 Å². The quantitative estimate of drug-likeness (QED) is 0.627. The number of ether oxygens (including phenoxy) is 1. The van der Waals surface area contributed by atoms with Crippen molar-refractivity contribution in [2.45, 2.75) is 19.4 Å². The highest BCUT2D eigenvalue weighted by Crippen LogP contribution is 2.10. The lowest BCUT2D eigenvalue weighted by molar-refractivity contribution is 0.174. The lowest BCUT2D eigenvalue weighted by atomic mass is 10.2. The predicted octanol–water partition coefficient (Wildman–Crippen LogP) is 0.953. The Kier molecular flexibility index (Phi) is 2.83. The van der Waals surface area contributed by atoms with E-state index in [1.165, 1.54) is 0 Å². The van der Waals surface area contributed by atoms with Gasteiger partial charge in [-0.3, -0.25) is 0 Å². The highest BCUT2D eigenvalue weighted by Gasteiger charge is 2.10. The molecule has 64 valence electrons. The number of rotatable bonds is 3. The zero-order valence-corrected chi connectivity index (χ0v) is 7.07. The number of hydrogen-bond acceptors (Lipinski definition) is 4. The predicted molar refractivity (Wildman–Crippen MR) is 42.3 cm³/mol. The number of hydrogen-bond donors (Lipinski definition) is 0. The van der Waals surface area contributed by atoms with Crippen LogP contribution in [0.2, 0.25) is 0 Å². The second-order valence-electron chi connectivity index (χ2n) is 2.37. The lowest BCUT2D eigenvalue weighted by Crippen LogP contribution is -1.92. The molecule has 1 atom stereocenters. The fourth-order valence-electron chi connectivity index (χ4n) is 0.702. The molecule has 0 aliphatic heterocycles. The van der Waals surface area contributed by atoms with Crippen molar-refractivity contribution in [3.05, 3.63) is 11.7 Å². The Morgan fingerprint density at radius 1 is 1.75 bits per heavy atom. The summed E-state index contributed by atoms with van der Waals surface area (Å²) in [5, 5.41) is 3.67. The van der Waals surface area contributed by atoms with Gasteiger partial charge in [0.2, 0.25) is 5.89 Å². The summed E-state index contributed by atoms with van der Waals surface area (Å²) in [5.41, 5.74) is 0. The maximum Gasteiger partial charge on any atom is 0.241 e. The minimum Gasteiger partial charge on any atom is -0.377 e. The number of terminal acetylenes is 1. The third-order valence-corrected chi connectivity index (χ3v) is 1.38. The molecule has 0 spiro atoms. The first kappa shape index (κ1) is 8.75. The van der Waals surface area contributed by atoms with E-state index in [0.717, 1.165) is 0 Å². The van der Waals surface area contributed by atoms with Crippen molar-refractivity contribution in [1.82, 2.24) is 10.1 Å². The Labute approximate surface area is 70.9 Å². The van der Waals surface area contributed by atoms with Crippen molar-refractivity contribution in [3.63, 3.8) is 0 Å². The first-order valence-corrected chi connectivity index (χ1v) is 3.55. The molecule has 0 aliphatic rings. The van der Waals surface area contributed by atoms with Crippen molar-refractivity contribution in [1.29, 1.82) is 0 Å². The smallest absolute Gasteiger partial charge is 0.241 e. The monoisotopic (exact) mass is 166 g/mol. The van der Waals surface area contributed by atoms with Gasteiger partial charge in [-0.25, -0.2) is 0 Å². The summed E-state index contributed by atoms with van der Waals surface area (Å²) < 4.78 is 9.70. The van der Waals surface area contributed by atoms with Crippen LogP contribution in [0.25, 0.3) is 0 Å². The molecule has 0 aromatic carbocycles. The van der Waals surface area contributed by atoms with Gasteiger partial charge in [0.25, 0.3) is 0 Å². The third kappa shape index (κ3) is 1.83. The van der Waals surface area contributed by atoms with E-state index in [-0.39, 0.29) is 5.92 Å². The summed E-state index contributed by atoms with van der Waals surface area (Å²) in [4.78, 5) is 4.03. The fourth-order valence-corrected chi connectivity index (χ4v) is 0.702. The van der Waals surface area contributed by atoms with Gasteiger partial charge in [0.1, 0.15) is 6.61 Å². The van der Waals surface area contributed by atoms with E-state index < -0.39 is 0 Å². The van der Waals surface area contributed by atoms with Crippen molar-refractivity contribution < 1.29 is 9.26 Å². The third-order valence-electron chi connectivity index (χ3n) is 1.38. The highest BCUT2D eigenvalue weighted by molar-refractivity contribution is 5.07. The van der Waals surface area contributed by atoms with E-state index in [2.05, 4.69) is 16.1 Å². The van der Waals surface area contributed by atoms with E-state index in [9.17, 15) is 0 Å². The number of nitrogens with zero attached hydrogens (tertiary/aromatic N) is 2. The van der Waals surface area contributed by atoms with Gasteiger partial charge in [0, 0.05) is 7.11 Å². The van der Waals surface area contributed by atoms with Crippen LogP contribution in [0.4, 0.5) is 0 Å². The average Bonchev–Trinajstić information content (AvgIpc) is 2.52. The molecule has 0 fully saturated rings. The molecule has 4 nitrogen and oxygen atoms in total. The molecule has 1 aromatic rings. The maximum absolute atomic E-state index is 5.18. The Morgan fingerprint density at radius 3 is 3.08 bits per heavy atom. The van der Waals surface area contributed by atoms with Gasteiger partial charge < -0.3 is 9.26 Å². The molecular formula is C8H10N2O2. The SMILES string of the molecule is C#C[C@@H](C)c1nc(COC)no1. The van der Waals surface area contributed by atoms with E-state index in [1.54, 1.807) is 7.11 Å². The first-order chi connectivity index (χ1) is 5.77. The van der Waals surface area contributed by atoms with Gasteiger partial charge in [-0.2, -0.15) is 4.98 Å². The standard InChI is InChI=1S/C8H10N2O2/c1-4-6(2)8-9-7(5-11-3)10-12-8/h1,6H,5H2,2-3H3/t6-/m1/s1. The minimum absolute atomic E-state index is 0.136. The minimum atomic E-state index is -0.136. The van der Waals surface area contributed by atoms with Gasteiger partial charge in [0.15, 0.2) is 5.82 Å². The van der Waals surface area contributed by atoms with Crippen molar-refractivity contribution in [2.24, 2.45) is 0 Å². The summed E-state index contributed by atoms with van der Waals surface area (Å²) in [6, 6.07) is 0. The van der Waals surface area contributed by atoms with Crippen LogP contribution in [0, 0.1) is 12.3 Å². The normalized spacial score (nSPS) is 12.4. The lowest BCUT2D eigenvalue weighted by Gasteiger charge is -1.91. The van der Waals surface area contributed by atoms with E-state index in [4.69, 9.17) is 15.7 Å². The van der Waals surface area contributed by atoms with Crippen LogP contribution < -0.4 is 0 Å². The van der Waals surface area contributed by atoms with Crippen LogP contribution in [0.1, 0.15) is 24.6 Å². The summed E-state index contributed by atoms with van der Waals surface area (Å²) in [7, 11) is 1.57. The molecule has 0 amide bonds. The topological polar surface area (TPSA) is 48.2 Å². The summed E-state index contributed by atoms with van der Waals surface area (Å²) in [5.74, 6) is 3.35. The Morgan fingerprint density at radius 2 is 2.50 bits per heavy atom. The van der Waals surface area contributed by atoms with Gasteiger partial charge >= 0.3 is 0 Å². The zero-order chi connectivity index (χ0) is 8.97. The molecule has 1 aromatic heterocycles. The molecule has 0 radical (unpaired) electrons. The Hall–Kier alpha value is -1.34. The molecule has 0 aliphatic carbocycles. The zero-order valence-electron chi connectivity index (χ0n) is 7.07. The Balaban J connectivity index is 2.71. The molecule has 0 bridgehead atoms. The van der Waals surface area contributed by atoms with Crippen molar-refractivity contribution in [3.8, 4) is 12.3 Å². The molecule has 0 N–H and O–H groups in total. The molecule has 12 heavy (non-hydrogen) atoms. The molecule has 0 saturated heterocycles. The summed E-state index contributed by atoms with van der Waals surface area (Å²) >= 11 is 0. The second kappa shape index (κ2) is 3.88. The fraction of sp³-hybridized carbons (Fsp3) is 0.500. The van der Waals surface area contributed by atoms with Crippen LogP contribution in [0.15, 0.2) is 4.52 Å². The summed E-state index contributed by atoms with van der Waals surface area (Å²) in [6.45, 7) is 2.17. The molecule has 4 heteroatoms. The van der Waals surface area contributed by atoms with Crippen molar-refractivity contribution >= 4 is 0 Å². The van der Waals surface area contributed by atoms with E-state index in [0.29, 0.717) is 18.3 Å². The molecule has 1 rings (SSSR count). The van der Waals surface area contributed by atoms with E-state index in [1.807, 2.05) is 6.92 Å². The average molecular weight is 166 g/mol. The number of aromatic nitrogens is 2. The molecular weight excluding hydrogens is 156 g/mol.